The van der Waals surface area contributed by atoms with Gasteiger partial charge in [-0.15, -0.1) is 0 Å². The van der Waals surface area contributed by atoms with E-state index in [4.69, 9.17) is 0 Å². The second kappa shape index (κ2) is 8.40. The lowest BCUT2D eigenvalue weighted by Gasteiger charge is -2.08. The van der Waals surface area contributed by atoms with Crippen LogP contribution in [0.1, 0.15) is 15.9 Å². The summed E-state index contributed by atoms with van der Waals surface area (Å²) in [7, 11) is 0. The van der Waals surface area contributed by atoms with Crippen LogP contribution in [0.15, 0.2) is 76.4 Å². The molecule has 0 spiro atoms. The Hall–Kier alpha value is -3.26. The van der Waals surface area contributed by atoms with Crippen LogP contribution in [0.3, 0.4) is 0 Å². The van der Waals surface area contributed by atoms with Gasteiger partial charge in [-0.2, -0.15) is 5.10 Å². The van der Waals surface area contributed by atoms with Crippen LogP contribution in [0.4, 0.5) is 0 Å². The van der Waals surface area contributed by atoms with E-state index in [1.165, 1.54) is 12.5 Å². The van der Waals surface area contributed by atoms with Crippen LogP contribution in [0, 0.1) is 0 Å². The Labute approximate surface area is 175 Å². The number of hydrogen-bond donors (Lipinski definition) is 1. The van der Waals surface area contributed by atoms with Gasteiger partial charge in [0.25, 0.3) is 11.5 Å². The lowest BCUT2D eigenvalue weighted by molar-refractivity contribution is 0.0952. The molecule has 8 heteroatoms. The molecule has 4 aromatic rings. The molecule has 0 unspecified atom stereocenters. The summed E-state index contributed by atoms with van der Waals surface area (Å²) in [5.74, 6) is -0.146. The Kier molecular flexibility index (Phi) is 5.53. The molecule has 4 rings (SSSR count). The Morgan fingerprint density at radius 3 is 2.59 bits per heavy atom. The van der Waals surface area contributed by atoms with Crippen LogP contribution in [0.5, 0.6) is 0 Å². The highest BCUT2D eigenvalue weighted by atomic mass is 79.9. The normalized spacial score (nSPS) is 10.9. The molecule has 0 atom stereocenters. The first-order valence-corrected chi connectivity index (χ1v) is 9.90. The zero-order valence-corrected chi connectivity index (χ0v) is 17.0. The van der Waals surface area contributed by atoms with E-state index >= 15 is 0 Å². The molecule has 7 nitrogen and oxygen atoms in total. The molecule has 0 saturated heterocycles. The number of benzene rings is 2. The lowest BCUT2D eigenvalue weighted by Crippen LogP contribution is -2.27. The summed E-state index contributed by atoms with van der Waals surface area (Å²) >= 11 is 3.41. The molecule has 0 fully saturated rings. The molecular formula is C21H18BrN5O2. The molecule has 1 amide bonds. The molecular weight excluding hydrogens is 434 g/mol. The minimum Gasteiger partial charge on any atom is -0.350 e. The fraction of sp³-hybridized carbons (Fsp3) is 0.143. The zero-order chi connectivity index (χ0) is 20.2. The van der Waals surface area contributed by atoms with Crippen LogP contribution in [-0.2, 0) is 13.1 Å². The minimum absolute atomic E-state index is 0.141. The summed E-state index contributed by atoms with van der Waals surface area (Å²) in [5.41, 5.74) is 1.98. The molecule has 0 saturated carbocycles. The summed E-state index contributed by atoms with van der Waals surface area (Å²) in [5, 5.41) is 7.58. The van der Waals surface area contributed by atoms with Crippen LogP contribution >= 0.6 is 15.9 Å². The standard InChI is InChI=1S/C21H18BrN5O2/c22-17-8-6-15(7-9-17)13-26-14-24-19-18(21(26)29)12-25-27(19)11-10-23-20(28)16-4-2-1-3-5-16/h1-9,12,14H,10-11,13H2,(H,23,28). The Bertz CT molecular complexity index is 1200. The van der Waals surface area contributed by atoms with Crippen molar-refractivity contribution >= 4 is 32.9 Å². The van der Waals surface area contributed by atoms with Crippen molar-refractivity contribution in [3.63, 3.8) is 0 Å². The van der Waals surface area contributed by atoms with Crippen molar-refractivity contribution in [3.8, 4) is 0 Å². The van der Waals surface area contributed by atoms with Crippen molar-refractivity contribution in [1.82, 2.24) is 24.6 Å². The second-order valence-corrected chi connectivity index (χ2v) is 7.45. The SMILES string of the molecule is O=C(NCCn1ncc2c(=O)n(Cc3ccc(Br)cc3)cnc21)c1ccccc1. The van der Waals surface area contributed by atoms with Crippen molar-refractivity contribution in [2.75, 3.05) is 6.54 Å². The maximum absolute atomic E-state index is 12.8. The number of nitrogens with zero attached hydrogens (tertiary/aromatic N) is 4. The molecule has 2 aromatic carbocycles. The zero-order valence-electron chi connectivity index (χ0n) is 15.5. The van der Waals surface area contributed by atoms with Crippen molar-refractivity contribution in [2.45, 2.75) is 13.1 Å². The monoisotopic (exact) mass is 451 g/mol. The summed E-state index contributed by atoms with van der Waals surface area (Å²) in [6.07, 6.45) is 3.06. The van der Waals surface area contributed by atoms with Gasteiger partial charge in [-0.05, 0) is 29.8 Å². The van der Waals surface area contributed by atoms with E-state index in [1.54, 1.807) is 21.4 Å². The van der Waals surface area contributed by atoms with Crippen molar-refractivity contribution < 1.29 is 4.79 Å². The highest BCUT2D eigenvalue weighted by Gasteiger charge is 2.11. The molecule has 1 N–H and O–H groups in total. The fourth-order valence-corrected chi connectivity index (χ4v) is 3.29. The number of amides is 1. The first-order chi connectivity index (χ1) is 14.1. The van der Waals surface area contributed by atoms with Gasteiger partial charge in [0.1, 0.15) is 11.7 Å². The number of fused-ring (bicyclic) bond motifs is 1. The van der Waals surface area contributed by atoms with Crippen LogP contribution in [0.2, 0.25) is 0 Å². The maximum Gasteiger partial charge on any atom is 0.264 e. The van der Waals surface area contributed by atoms with E-state index in [0.717, 1.165) is 10.0 Å². The van der Waals surface area contributed by atoms with Gasteiger partial charge in [0.2, 0.25) is 0 Å². The van der Waals surface area contributed by atoms with Gasteiger partial charge >= 0.3 is 0 Å². The largest absolute Gasteiger partial charge is 0.350 e. The number of halogens is 1. The van der Waals surface area contributed by atoms with E-state index in [-0.39, 0.29) is 11.5 Å². The first kappa shape index (κ1) is 19.1. The third kappa shape index (κ3) is 4.27. The molecule has 2 aromatic heterocycles. The van der Waals surface area contributed by atoms with Crippen molar-refractivity contribution in [3.05, 3.63) is 93.1 Å². The quantitative estimate of drug-likeness (QED) is 0.488. The third-order valence-electron chi connectivity index (χ3n) is 4.53. The van der Waals surface area contributed by atoms with Gasteiger partial charge in [-0.1, -0.05) is 46.3 Å². The lowest BCUT2D eigenvalue weighted by atomic mass is 10.2. The molecule has 2 heterocycles. The molecule has 29 heavy (non-hydrogen) atoms. The van der Waals surface area contributed by atoms with Gasteiger partial charge in [0.05, 0.1) is 19.3 Å². The van der Waals surface area contributed by atoms with Crippen molar-refractivity contribution in [1.29, 1.82) is 0 Å². The highest BCUT2D eigenvalue weighted by Crippen LogP contribution is 2.12. The molecule has 0 aliphatic heterocycles. The van der Waals surface area contributed by atoms with Gasteiger partial charge in [0.15, 0.2) is 5.65 Å². The molecule has 0 aliphatic carbocycles. The fourth-order valence-electron chi connectivity index (χ4n) is 3.03. The summed E-state index contributed by atoms with van der Waals surface area (Å²) in [4.78, 5) is 29.3. The smallest absolute Gasteiger partial charge is 0.264 e. The Balaban J connectivity index is 1.46. The average molecular weight is 452 g/mol. The number of rotatable bonds is 6. The number of aromatic nitrogens is 4. The number of carbonyl (C=O) groups excluding carboxylic acids is 1. The average Bonchev–Trinajstić information content (AvgIpc) is 3.16. The predicted molar refractivity (Wildman–Crippen MR) is 114 cm³/mol. The van der Waals surface area contributed by atoms with E-state index in [1.807, 2.05) is 42.5 Å². The van der Waals surface area contributed by atoms with E-state index in [0.29, 0.717) is 36.2 Å². The first-order valence-electron chi connectivity index (χ1n) is 9.10. The van der Waals surface area contributed by atoms with Gasteiger partial charge < -0.3 is 5.32 Å². The topological polar surface area (TPSA) is 81.8 Å². The second-order valence-electron chi connectivity index (χ2n) is 6.53. The molecule has 0 bridgehead atoms. The molecule has 0 aliphatic rings. The van der Waals surface area contributed by atoms with E-state index < -0.39 is 0 Å². The molecule has 0 radical (unpaired) electrons. The number of carbonyl (C=O) groups is 1. The van der Waals surface area contributed by atoms with Gasteiger partial charge in [0, 0.05) is 16.6 Å². The van der Waals surface area contributed by atoms with Gasteiger partial charge in [-0.25, -0.2) is 9.67 Å². The number of nitrogens with one attached hydrogen (secondary N) is 1. The van der Waals surface area contributed by atoms with Gasteiger partial charge in [-0.3, -0.25) is 14.2 Å². The Morgan fingerprint density at radius 2 is 1.83 bits per heavy atom. The summed E-state index contributed by atoms with van der Waals surface area (Å²) < 4.78 is 4.18. The predicted octanol–water partition coefficient (Wildman–Crippen LogP) is 2.83. The van der Waals surface area contributed by atoms with Crippen molar-refractivity contribution in [2.24, 2.45) is 0 Å². The summed E-state index contributed by atoms with van der Waals surface area (Å²) in [6.45, 7) is 1.24. The van der Waals surface area contributed by atoms with Crippen LogP contribution < -0.4 is 10.9 Å². The molecule has 146 valence electrons. The summed E-state index contributed by atoms with van der Waals surface area (Å²) in [6, 6.07) is 16.8. The van der Waals surface area contributed by atoms with E-state index in [2.05, 4.69) is 31.3 Å². The Morgan fingerprint density at radius 1 is 1.07 bits per heavy atom. The number of hydrogen-bond acceptors (Lipinski definition) is 4. The minimum atomic E-state index is -0.146. The maximum atomic E-state index is 12.8. The van der Waals surface area contributed by atoms with Crippen LogP contribution in [0.25, 0.3) is 11.0 Å². The van der Waals surface area contributed by atoms with E-state index in [9.17, 15) is 9.59 Å². The van der Waals surface area contributed by atoms with Crippen LogP contribution in [-0.4, -0.2) is 31.8 Å². The third-order valence-corrected chi connectivity index (χ3v) is 5.06. The highest BCUT2D eigenvalue weighted by molar-refractivity contribution is 9.10.